The highest BCUT2D eigenvalue weighted by atomic mass is 16.5. The molecule has 0 atom stereocenters. The molecule has 0 heterocycles. The Morgan fingerprint density at radius 3 is 1.50 bits per heavy atom. The Morgan fingerprint density at radius 2 is 1.50 bits per heavy atom. The number of rotatable bonds is 1. The van der Waals surface area contributed by atoms with E-state index in [1.807, 2.05) is 0 Å². The molecule has 5 nitrogen and oxygen atoms in total. The van der Waals surface area contributed by atoms with Gasteiger partial charge in [0.1, 0.15) is 0 Å². The second kappa shape index (κ2) is 6.28. The smallest absolute Gasteiger partial charge is 0.478 e. The summed E-state index contributed by atoms with van der Waals surface area (Å²) in [6, 6.07) is 0. The van der Waals surface area contributed by atoms with Crippen LogP contribution in [0.5, 0.6) is 0 Å². The van der Waals surface area contributed by atoms with E-state index in [1.165, 1.54) is 6.92 Å². The van der Waals surface area contributed by atoms with Crippen molar-refractivity contribution in [3.05, 3.63) is 12.2 Å². The Morgan fingerprint density at radius 1 is 1.40 bits per heavy atom. The molecule has 4 N–H and O–H groups in total. The first-order valence-corrected chi connectivity index (χ1v) is 2.31. The zero-order valence-electron chi connectivity index (χ0n) is 5.48. The molecule has 0 aromatic heterocycles. The minimum atomic E-state index is -2.17. The second-order valence-corrected chi connectivity index (χ2v) is 1.43. The topological polar surface area (TPSA) is 98.0 Å². The molecule has 0 bridgehead atoms. The van der Waals surface area contributed by atoms with Crippen molar-refractivity contribution in [2.75, 3.05) is 0 Å². The molecule has 0 saturated heterocycles. The van der Waals surface area contributed by atoms with Gasteiger partial charge >= 0.3 is 13.3 Å². The summed E-state index contributed by atoms with van der Waals surface area (Å²) in [5, 5.41) is 29.4. The lowest BCUT2D eigenvalue weighted by atomic mass is 10.3. The fourth-order valence-corrected chi connectivity index (χ4v) is 0. The molecule has 0 amide bonds. The molecular formula is C4H9BO5. The highest BCUT2D eigenvalue weighted by molar-refractivity contribution is 6.30. The van der Waals surface area contributed by atoms with E-state index in [-0.39, 0.29) is 5.57 Å². The number of hydrogen-bond donors (Lipinski definition) is 4. The van der Waals surface area contributed by atoms with Crippen LogP contribution in [-0.2, 0) is 4.79 Å². The summed E-state index contributed by atoms with van der Waals surface area (Å²) in [6.45, 7) is 4.60. The van der Waals surface area contributed by atoms with E-state index in [0.29, 0.717) is 0 Å². The Balaban J connectivity index is 0. The summed E-state index contributed by atoms with van der Waals surface area (Å²) in [6.07, 6.45) is 0. The summed E-state index contributed by atoms with van der Waals surface area (Å²) in [4.78, 5) is 9.60. The Labute approximate surface area is 58.4 Å². The van der Waals surface area contributed by atoms with Crippen LogP contribution in [0.1, 0.15) is 6.92 Å². The van der Waals surface area contributed by atoms with Crippen molar-refractivity contribution in [1.29, 1.82) is 0 Å². The van der Waals surface area contributed by atoms with Crippen LogP contribution in [0.3, 0.4) is 0 Å². The van der Waals surface area contributed by atoms with Gasteiger partial charge in [0, 0.05) is 5.57 Å². The number of carboxylic acids is 1. The summed E-state index contributed by atoms with van der Waals surface area (Å²) in [5.74, 6) is -0.935. The van der Waals surface area contributed by atoms with E-state index in [4.69, 9.17) is 20.2 Å². The standard InChI is InChI=1S/C4H6O2.BH3O3/c1-3(2)4(5)6;2-1(3)4/h1H2,2H3,(H,5,6);2-4H. The summed E-state index contributed by atoms with van der Waals surface area (Å²) >= 11 is 0. The Hall–Kier alpha value is -0.845. The van der Waals surface area contributed by atoms with Crippen molar-refractivity contribution in [2.45, 2.75) is 6.92 Å². The largest absolute Gasteiger partial charge is 0.631 e. The average Bonchev–Trinajstić information content (AvgIpc) is 1.63. The fourth-order valence-electron chi connectivity index (χ4n) is 0. The third-order valence-corrected chi connectivity index (χ3v) is 0.365. The van der Waals surface area contributed by atoms with Gasteiger partial charge in [-0.25, -0.2) is 4.79 Å². The van der Waals surface area contributed by atoms with Crippen LogP contribution in [0, 0.1) is 0 Å². The first kappa shape index (κ1) is 11.9. The minimum absolute atomic E-state index is 0.176. The van der Waals surface area contributed by atoms with Gasteiger partial charge in [-0.2, -0.15) is 0 Å². The molecule has 0 aliphatic heterocycles. The van der Waals surface area contributed by atoms with Gasteiger partial charge in [-0.15, -0.1) is 0 Å². The van der Waals surface area contributed by atoms with E-state index in [0.717, 1.165) is 0 Å². The van der Waals surface area contributed by atoms with Gasteiger partial charge in [0.2, 0.25) is 0 Å². The summed E-state index contributed by atoms with van der Waals surface area (Å²) in [7, 11) is -2.17. The SMILES string of the molecule is C=C(C)C(=O)O.OB(O)O. The van der Waals surface area contributed by atoms with Crippen LogP contribution < -0.4 is 0 Å². The van der Waals surface area contributed by atoms with Crippen molar-refractivity contribution in [1.82, 2.24) is 0 Å². The quantitative estimate of drug-likeness (QED) is 0.270. The van der Waals surface area contributed by atoms with Crippen molar-refractivity contribution in [3.8, 4) is 0 Å². The summed E-state index contributed by atoms with van der Waals surface area (Å²) in [5.41, 5.74) is 0.176. The third-order valence-electron chi connectivity index (χ3n) is 0.365. The predicted octanol–water partition coefficient (Wildman–Crippen LogP) is -1.40. The molecule has 0 saturated carbocycles. The molecule has 0 aromatic rings. The molecule has 0 aliphatic carbocycles. The van der Waals surface area contributed by atoms with Gasteiger partial charge in [0.05, 0.1) is 0 Å². The molecule has 0 spiro atoms. The summed E-state index contributed by atoms with van der Waals surface area (Å²) < 4.78 is 0. The van der Waals surface area contributed by atoms with E-state index < -0.39 is 13.3 Å². The number of carboxylic acid groups (broad SMARTS) is 1. The van der Waals surface area contributed by atoms with E-state index in [1.54, 1.807) is 0 Å². The zero-order valence-corrected chi connectivity index (χ0v) is 5.48. The highest BCUT2D eigenvalue weighted by Crippen LogP contribution is 1.81. The average molecular weight is 148 g/mol. The van der Waals surface area contributed by atoms with Crippen LogP contribution in [0.15, 0.2) is 12.2 Å². The van der Waals surface area contributed by atoms with E-state index in [9.17, 15) is 4.79 Å². The molecule has 0 rings (SSSR count). The predicted molar refractivity (Wildman–Crippen MR) is 34.9 cm³/mol. The molecule has 10 heavy (non-hydrogen) atoms. The molecule has 0 aromatic carbocycles. The first-order chi connectivity index (χ1) is 4.37. The normalized spacial score (nSPS) is 7.20. The maximum absolute atomic E-state index is 9.60. The zero-order chi connectivity index (χ0) is 8.73. The Kier molecular flexibility index (Phi) is 7.47. The van der Waals surface area contributed by atoms with Gasteiger partial charge in [-0.1, -0.05) is 6.58 Å². The van der Waals surface area contributed by atoms with Gasteiger partial charge in [-0.3, -0.25) is 0 Å². The number of carbonyl (C=O) groups is 1. The van der Waals surface area contributed by atoms with Gasteiger partial charge in [0.15, 0.2) is 0 Å². The Bertz CT molecular complexity index is 106. The monoisotopic (exact) mass is 148 g/mol. The van der Waals surface area contributed by atoms with Gasteiger partial charge in [-0.05, 0) is 6.92 Å². The second-order valence-electron chi connectivity index (χ2n) is 1.43. The molecule has 0 aliphatic rings. The number of aliphatic carboxylic acids is 1. The van der Waals surface area contributed by atoms with E-state index in [2.05, 4.69) is 6.58 Å². The number of hydrogen-bond acceptors (Lipinski definition) is 4. The van der Waals surface area contributed by atoms with Crippen LogP contribution >= 0.6 is 0 Å². The third kappa shape index (κ3) is 27.2. The molecule has 58 valence electrons. The minimum Gasteiger partial charge on any atom is -0.478 e. The first-order valence-electron chi connectivity index (χ1n) is 2.31. The molecular weight excluding hydrogens is 139 g/mol. The van der Waals surface area contributed by atoms with Crippen LogP contribution in [0.2, 0.25) is 0 Å². The lowest BCUT2D eigenvalue weighted by Gasteiger charge is -1.79. The van der Waals surface area contributed by atoms with E-state index >= 15 is 0 Å². The highest BCUT2D eigenvalue weighted by Gasteiger charge is 1.92. The van der Waals surface area contributed by atoms with Crippen LogP contribution in [-0.4, -0.2) is 33.5 Å². The molecule has 0 radical (unpaired) electrons. The van der Waals surface area contributed by atoms with Crippen molar-refractivity contribution in [3.63, 3.8) is 0 Å². The molecule has 6 heteroatoms. The van der Waals surface area contributed by atoms with Crippen LogP contribution in [0.25, 0.3) is 0 Å². The maximum Gasteiger partial charge on any atom is 0.631 e. The van der Waals surface area contributed by atoms with Crippen molar-refractivity contribution in [2.24, 2.45) is 0 Å². The lowest BCUT2D eigenvalue weighted by Crippen LogP contribution is -2.07. The lowest BCUT2D eigenvalue weighted by molar-refractivity contribution is -0.132. The van der Waals surface area contributed by atoms with Gasteiger partial charge in [0.25, 0.3) is 0 Å². The fraction of sp³-hybridized carbons (Fsp3) is 0.250. The van der Waals surface area contributed by atoms with Gasteiger partial charge < -0.3 is 20.2 Å². The molecule has 0 unspecified atom stereocenters. The maximum atomic E-state index is 9.60. The van der Waals surface area contributed by atoms with Crippen molar-refractivity contribution >= 4 is 13.3 Å². The van der Waals surface area contributed by atoms with Crippen LogP contribution in [0.4, 0.5) is 0 Å². The van der Waals surface area contributed by atoms with Crippen molar-refractivity contribution < 1.29 is 25.0 Å². The molecule has 0 fully saturated rings.